The number of para-hydroxylation sites is 2. The van der Waals surface area contributed by atoms with Crippen LogP contribution in [0.1, 0.15) is 31.0 Å². The molecule has 0 unspecified atom stereocenters. The van der Waals surface area contributed by atoms with Crippen molar-refractivity contribution < 1.29 is 0 Å². The molecule has 0 radical (unpaired) electrons. The number of hydrogen-bond acceptors (Lipinski definition) is 2. The van der Waals surface area contributed by atoms with Gasteiger partial charge < -0.3 is 4.98 Å². The molecule has 19 heavy (non-hydrogen) atoms. The van der Waals surface area contributed by atoms with E-state index >= 15 is 0 Å². The molecule has 3 aromatic rings. The number of aromatic nitrogens is 3. The molecule has 0 saturated carbocycles. The highest BCUT2D eigenvalue weighted by atomic mass is 16.1. The van der Waals surface area contributed by atoms with Gasteiger partial charge in [-0.05, 0) is 31.9 Å². The molecule has 0 fully saturated rings. The minimum Gasteiger partial charge on any atom is -0.329 e. The molecule has 3 rings (SSSR count). The Bertz CT molecular complexity index is 798. The van der Waals surface area contributed by atoms with Crippen LogP contribution >= 0.6 is 0 Å². The van der Waals surface area contributed by atoms with Crippen LogP contribution in [0, 0.1) is 6.92 Å². The molecule has 1 N–H and O–H groups in total. The zero-order valence-electron chi connectivity index (χ0n) is 11.2. The van der Waals surface area contributed by atoms with Crippen molar-refractivity contribution in [1.82, 2.24) is 14.4 Å². The van der Waals surface area contributed by atoms with Crippen LogP contribution in [0.15, 0.2) is 29.1 Å². The summed E-state index contributed by atoms with van der Waals surface area (Å²) in [4.78, 5) is 20.3. The summed E-state index contributed by atoms with van der Waals surface area (Å²) in [5.41, 5.74) is 3.59. The van der Waals surface area contributed by atoms with Gasteiger partial charge in [0.1, 0.15) is 0 Å². The van der Waals surface area contributed by atoms with Gasteiger partial charge in [-0.15, -0.1) is 0 Å². The Kier molecular flexibility index (Phi) is 2.85. The van der Waals surface area contributed by atoms with Crippen LogP contribution in [-0.2, 0) is 6.42 Å². The van der Waals surface area contributed by atoms with E-state index in [-0.39, 0.29) is 5.56 Å². The van der Waals surface area contributed by atoms with E-state index in [9.17, 15) is 4.79 Å². The lowest BCUT2D eigenvalue weighted by molar-refractivity contribution is 0.772. The Morgan fingerprint density at radius 3 is 2.89 bits per heavy atom. The Labute approximate surface area is 111 Å². The van der Waals surface area contributed by atoms with Gasteiger partial charge in [0.25, 0.3) is 5.56 Å². The zero-order chi connectivity index (χ0) is 13.4. The van der Waals surface area contributed by atoms with Crippen molar-refractivity contribution in [3.63, 3.8) is 0 Å². The molecule has 0 amide bonds. The topological polar surface area (TPSA) is 50.2 Å². The van der Waals surface area contributed by atoms with Crippen molar-refractivity contribution >= 4 is 16.8 Å². The number of rotatable bonds is 3. The lowest BCUT2D eigenvalue weighted by Crippen LogP contribution is -2.20. The Morgan fingerprint density at radius 2 is 2.11 bits per heavy atom. The largest absolute Gasteiger partial charge is 0.329 e. The van der Waals surface area contributed by atoms with Crippen molar-refractivity contribution in [2.24, 2.45) is 0 Å². The van der Waals surface area contributed by atoms with E-state index in [0.717, 1.165) is 41.6 Å². The first-order valence-corrected chi connectivity index (χ1v) is 6.71. The third kappa shape index (κ3) is 1.84. The van der Waals surface area contributed by atoms with Gasteiger partial charge >= 0.3 is 0 Å². The number of unbranched alkanes of at least 4 members (excludes halogenated alkanes) is 1. The molecular formula is C15H17N3O. The molecule has 0 atom stereocenters. The summed E-state index contributed by atoms with van der Waals surface area (Å²) < 4.78 is 1.69. The van der Waals surface area contributed by atoms with E-state index in [2.05, 4.69) is 16.9 Å². The number of fused-ring (bicyclic) bond motifs is 3. The molecule has 98 valence electrons. The van der Waals surface area contributed by atoms with E-state index in [1.807, 2.05) is 31.2 Å². The number of nitrogens with one attached hydrogen (secondary N) is 1. The first kappa shape index (κ1) is 12.0. The summed E-state index contributed by atoms with van der Waals surface area (Å²) >= 11 is 0. The number of aryl methyl sites for hydroxylation is 1. The van der Waals surface area contributed by atoms with Crippen LogP contribution in [0.2, 0.25) is 0 Å². The third-order valence-corrected chi connectivity index (χ3v) is 3.55. The van der Waals surface area contributed by atoms with Crippen LogP contribution in [-0.4, -0.2) is 14.4 Å². The minimum absolute atomic E-state index is 0.0633. The standard InChI is InChI=1S/C15H17N3O/c1-3-4-7-11-10(2)16-15-17-12-8-5-6-9-13(12)18(15)14(11)19/h5-6,8-9H,3-4,7H2,1-2H3,(H,16,17). The molecule has 0 spiro atoms. The van der Waals surface area contributed by atoms with Gasteiger partial charge in [-0.3, -0.25) is 4.79 Å². The van der Waals surface area contributed by atoms with Crippen LogP contribution in [0.4, 0.5) is 0 Å². The lowest BCUT2D eigenvalue weighted by atomic mass is 10.1. The summed E-state index contributed by atoms with van der Waals surface area (Å²) in [6.45, 7) is 4.08. The Balaban J connectivity index is 2.35. The minimum atomic E-state index is 0.0633. The highest BCUT2D eigenvalue weighted by Crippen LogP contribution is 2.15. The summed E-state index contributed by atoms with van der Waals surface area (Å²) in [6.07, 6.45) is 2.93. The monoisotopic (exact) mass is 255 g/mol. The fourth-order valence-corrected chi connectivity index (χ4v) is 2.50. The van der Waals surface area contributed by atoms with Gasteiger partial charge in [0, 0.05) is 11.3 Å². The summed E-state index contributed by atoms with van der Waals surface area (Å²) in [7, 11) is 0. The number of hydrogen-bond donors (Lipinski definition) is 1. The van der Waals surface area contributed by atoms with Crippen LogP contribution in [0.3, 0.4) is 0 Å². The number of imidazole rings is 1. The maximum atomic E-state index is 12.6. The van der Waals surface area contributed by atoms with Gasteiger partial charge in [-0.25, -0.2) is 9.38 Å². The molecule has 0 saturated heterocycles. The second-order valence-electron chi connectivity index (χ2n) is 4.90. The normalized spacial score (nSPS) is 11.5. The van der Waals surface area contributed by atoms with Crippen molar-refractivity contribution in [1.29, 1.82) is 0 Å². The molecule has 2 aromatic heterocycles. The predicted octanol–water partition coefficient (Wildman–Crippen LogP) is 2.83. The van der Waals surface area contributed by atoms with Crippen LogP contribution < -0.4 is 5.56 Å². The first-order chi connectivity index (χ1) is 9.22. The SMILES string of the molecule is CCCCc1c(C)[nH]c2nc3ccccc3n2c1=O. The van der Waals surface area contributed by atoms with E-state index in [1.54, 1.807) is 4.40 Å². The van der Waals surface area contributed by atoms with Crippen molar-refractivity contribution in [2.45, 2.75) is 33.1 Å². The molecule has 0 aliphatic carbocycles. The summed E-state index contributed by atoms with van der Waals surface area (Å²) in [5.74, 6) is 0.629. The average Bonchev–Trinajstić information content (AvgIpc) is 2.76. The molecule has 0 aliphatic heterocycles. The second kappa shape index (κ2) is 4.53. The number of aromatic amines is 1. The molecule has 2 heterocycles. The molecule has 4 heteroatoms. The molecule has 1 aromatic carbocycles. The van der Waals surface area contributed by atoms with E-state index in [0.29, 0.717) is 5.78 Å². The second-order valence-corrected chi connectivity index (χ2v) is 4.90. The fraction of sp³-hybridized carbons (Fsp3) is 0.333. The maximum Gasteiger partial charge on any atom is 0.262 e. The number of benzene rings is 1. The molecule has 4 nitrogen and oxygen atoms in total. The molecule has 0 bridgehead atoms. The lowest BCUT2D eigenvalue weighted by Gasteiger charge is -2.05. The van der Waals surface area contributed by atoms with Crippen molar-refractivity contribution in [3.05, 3.63) is 45.9 Å². The van der Waals surface area contributed by atoms with Gasteiger partial charge in [0.15, 0.2) is 0 Å². The zero-order valence-corrected chi connectivity index (χ0v) is 11.2. The van der Waals surface area contributed by atoms with E-state index < -0.39 is 0 Å². The van der Waals surface area contributed by atoms with Gasteiger partial charge in [0.2, 0.25) is 5.78 Å². The van der Waals surface area contributed by atoms with Gasteiger partial charge in [0.05, 0.1) is 11.0 Å². The van der Waals surface area contributed by atoms with Crippen LogP contribution in [0.25, 0.3) is 16.8 Å². The predicted molar refractivity (Wildman–Crippen MR) is 76.7 cm³/mol. The first-order valence-electron chi connectivity index (χ1n) is 6.71. The maximum absolute atomic E-state index is 12.6. The summed E-state index contributed by atoms with van der Waals surface area (Å²) in [5, 5.41) is 0. The smallest absolute Gasteiger partial charge is 0.262 e. The highest BCUT2D eigenvalue weighted by molar-refractivity contribution is 5.79. The van der Waals surface area contributed by atoms with E-state index in [1.165, 1.54) is 0 Å². The van der Waals surface area contributed by atoms with E-state index in [4.69, 9.17) is 0 Å². The number of H-pyrrole nitrogens is 1. The highest BCUT2D eigenvalue weighted by Gasteiger charge is 2.12. The molecule has 0 aliphatic rings. The van der Waals surface area contributed by atoms with Crippen LogP contribution in [0.5, 0.6) is 0 Å². The Hall–Kier alpha value is -2.10. The fourth-order valence-electron chi connectivity index (χ4n) is 2.50. The Morgan fingerprint density at radius 1 is 1.32 bits per heavy atom. The number of nitrogens with zero attached hydrogens (tertiary/aromatic N) is 2. The van der Waals surface area contributed by atoms with Gasteiger partial charge in [-0.1, -0.05) is 25.5 Å². The van der Waals surface area contributed by atoms with Crippen molar-refractivity contribution in [2.75, 3.05) is 0 Å². The van der Waals surface area contributed by atoms with Crippen molar-refractivity contribution in [3.8, 4) is 0 Å². The summed E-state index contributed by atoms with van der Waals surface area (Å²) in [6, 6.07) is 7.73. The van der Waals surface area contributed by atoms with Gasteiger partial charge in [-0.2, -0.15) is 0 Å². The average molecular weight is 255 g/mol. The third-order valence-electron chi connectivity index (χ3n) is 3.55. The quantitative estimate of drug-likeness (QED) is 0.782. The molecular weight excluding hydrogens is 238 g/mol.